The summed E-state index contributed by atoms with van der Waals surface area (Å²) in [5.41, 5.74) is 0.179. The molecule has 2 rings (SSSR count). The van der Waals surface area contributed by atoms with Crippen LogP contribution in [0.5, 0.6) is 11.5 Å². The number of nitrogens with zero attached hydrogens (tertiary/aromatic N) is 1. The summed E-state index contributed by atoms with van der Waals surface area (Å²) in [6.07, 6.45) is 1.26. The number of aliphatic carboxylic acids is 1. The van der Waals surface area contributed by atoms with E-state index >= 15 is 0 Å². The number of carboxylic acid groups (broad SMARTS) is 1. The summed E-state index contributed by atoms with van der Waals surface area (Å²) < 4.78 is 10.3. The van der Waals surface area contributed by atoms with Gasteiger partial charge in [-0.3, -0.25) is 0 Å². The van der Waals surface area contributed by atoms with Crippen LogP contribution in [0.2, 0.25) is 0 Å². The number of rotatable bonds is 2. The largest absolute Gasteiger partial charge is 0.477 e. The Morgan fingerprint density at radius 1 is 1.50 bits per heavy atom. The summed E-state index contributed by atoms with van der Waals surface area (Å²) in [5, 5.41) is 17.4. The van der Waals surface area contributed by atoms with Gasteiger partial charge in [-0.25, -0.2) is 4.79 Å². The second kappa shape index (κ2) is 3.95. The Balaban J connectivity index is 2.47. The van der Waals surface area contributed by atoms with Gasteiger partial charge in [-0.15, -0.1) is 0 Å². The number of hydrogen-bond donors (Lipinski definition) is 1. The first kappa shape index (κ1) is 10.1. The molecule has 1 aliphatic heterocycles. The molecule has 1 N–H and O–H groups in total. The van der Waals surface area contributed by atoms with Crippen molar-refractivity contribution in [3.05, 3.63) is 29.3 Å². The molecule has 0 spiro atoms. The lowest BCUT2D eigenvalue weighted by Crippen LogP contribution is -1.98. The van der Waals surface area contributed by atoms with Gasteiger partial charge in [0.15, 0.2) is 11.5 Å². The molecule has 1 aromatic rings. The molecule has 0 saturated heterocycles. The van der Waals surface area contributed by atoms with Gasteiger partial charge in [-0.1, -0.05) is 12.1 Å². The van der Waals surface area contributed by atoms with E-state index in [9.17, 15) is 4.79 Å². The molecule has 0 atom stereocenters. The van der Waals surface area contributed by atoms with Crippen LogP contribution in [0.4, 0.5) is 0 Å². The smallest absolute Gasteiger partial charge is 0.346 e. The average Bonchev–Trinajstić information content (AvgIpc) is 2.73. The maximum Gasteiger partial charge on any atom is 0.346 e. The van der Waals surface area contributed by atoms with Gasteiger partial charge < -0.3 is 14.6 Å². The summed E-state index contributed by atoms with van der Waals surface area (Å²) in [6, 6.07) is 6.69. The van der Waals surface area contributed by atoms with Crippen LogP contribution in [0.1, 0.15) is 5.56 Å². The fourth-order valence-electron chi connectivity index (χ4n) is 1.36. The van der Waals surface area contributed by atoms with E-state index < -0.39 is 5.97 Å². The predicted molar refractivity (Wildman–Crippen MR) is 53.8 cm³/mol. The molecule has 1 heterocycles. The van der Waals surface area contributed by atoms with Gasteiger partial charge in [-0.2, -0.15) is 5.26 Å². The maximum absolute atomic E-state index is 10.7. The van der Waals surface area contributed by atoms with E-state index in [2.05, 4.69) is 0 Å². The number of fused-ring (bicyclic) bond motifs is 1. The molecule has 0 saturated carbocycles. The van der Waals surface area contributed by atoms with Crippen molar-refractivity contribution in [2.75, 3.05) is 6.79 Å². The second-order valence-electron chi connectivity index (χ2n) is 3.06. The fourth-order valence-corrected chi connectivity index (χ4v) is 1.36. The number of para-hydroxylation sites is 1. The molecule has 0 radical (unpaired) electrons. The Kier molecular flexibility index (Phi) is 2.48. The van der Waals surface area contributed by atoms with Crippen LogP contribution in [0.15, 0.2) is 23.8 Å². The molecule has 0 fully saturated rings. The molecule has 0 aromatic heterocycles. The molecule has 0 aliphatic carbocycles. The van der Waals surface area contributed by atoms with E-state index in [0.717, 1.165) is 0 Å². The third-order valence-electron chi connectivity index (χ3n) is 2.08. The molecule has 80 valence electrons. The van der Waals surface area contributed by atoms with Crippen LogP contribution < -0.4 is 9.47 Å². The van der Waals surface area contributed by atoms with E-state index in [-0.39, 0.29) is 12.4 Å². The monoisotopic (exact) mass is 217 g/mol. The second-order valence-corrected chi connectivity index (χ2v) is 3.06. The summed E-state index contributed by atoms with van der Waals surface area (Å²) >= 11 is 0. The van der Waals surface area contributed by atoms with Crippen LogP contribution in [-0.4, -0.2) is 17.9 Å². The zero-order valence-electron chi connectivity index (χ0n) is 8.14. The van der Waals surface area contributed by atoms with Crippen LogP contribution in [-0.2, 0) is 4.79 Å². The first-order chi connectivity index (χ1) is 7.72. The van der Waals surface area contributed by atoms with Crippen LogP contribution in [0, 0.1) is 11.3 Å². The summed E-state index contributed by atoms with van der Waals surface area (Å²) in [7, 11) is 0. The van der Waals surface area contributed by atoms with Crippen molar-refractivity contribution in [2.45, 2.75) is 0 Å². The van der Waals surface area contributed by atoms with Crippen molar-refractivity contribution >= 4 is 12.0 Å². The van der Waals surface area contributed by atoms with Gasteiger partial charge in [0.2, 0.25) is 6.79 Å². The summed E-state index contributed by atoms with van der Waals surface area (Å²) in [6.45, 7) is 0.106. The van der Waals surface area contributed by atoms with Gasteiger partial charge in [0.25, 0.3) is 0 Å². The first-order valence-electron chi connectivity index (χ1n) is 4.46. The van der Waals surface area contributed by atoms with E-state index in [1.165, 1.54) is 6.08 Å². The SMILES string of the molecule is N#C/C(=C\c1cccc2c1OCO2)C(=O)O. The number of hydrogen-bond acceptors (Lipinski definition) is 4. The highest BCUT2D eigenvalue weighted by Crippen LogP contribution is 2.36. The highest BCUT2D eigenvalue weighted by molar-refractivity contribution is 5.97. The van der Waals surface area contributed by atoms with Gasteiger partial charge in [0.05, 0.1) is 0 Å². The van der Waals surface area contributed by atoms with Gasteiger partial charge in [0, 0.05) is 5.56 Å². The molecule has 0 amide bonds. The van der Waals surface area contributed by atoms with Crippen LogP contribution >= 0.6 is 0 Å². The Morgan fingerprint density at radius 2 is 2.31 bits per heavy atom. The molecule has 5 nitrogen and oxygen atoms in total. The van der Waals surface area contributed by atoms with Gasteiger partial charge >= 0.3 is 5.97 Å². The Bertz CT molecular complexity index is 513. The van der Waals surface area contributed by atoms with Gasteiger partial charge in [-0.05, 0) is 12.1 Å². The van der Waals surface area contributed by atoms with E-state index in [0.29, 0.717) is 17.1 Å². The van der Waals surface area contributed by atoms with Crippen molar-refractivity contribution in [2.24, 2.45) is 0 Å². The van der Waals surface area contributed by atoms with Gasteiger partial charge in [0.1, 0.15) is 11.6 Å². The molecular formula is C11H7NO4. The topological polar surface area (TPSA) is 79.5 Å². The molecular weight excluding hydrogens is 210 g/mol. The minimum absolute atomic E-state index is 0.106. The lowest BCUT2D eigenvalue weighted by atomic mass is 10.1. The highest BCUT2D eigenvalue weighted by Gasteiger charge is 2.17. The molecule has 5 heteroatoms. The number of benzene rings is 1. The Morgan fingerprint density at radius 3 is 3.00 bits per heavy atom. The third-order valence-corrected chi connectivity index (χ3v) is 2.08. The molecule has 1 aliphatic rings. The quantitative estimate of drug-likeness (QED) is 0.598. The minimum atomic E-state index is -1.26. The fraction of sp³-hybridized carbons (Fsp3) is 0.0909. The van der Waals surface area contributed by atoms with E-state index in [4.69, 9.17) is 19.8 Å². The van der Waals surface area contributed by atoms with Crippen molar-refractivity contribution in [3.8, 4) is 17.6 Å². The Hall–Kier alpha value is -2.48. The van der Waals surface area contributed by atoms with Crippen molar-refractivity contribution < 1.29 is 19.4 Å². The lowest BCUT2D eigenvalue weighted by molar-refractivity contribution is -0.132. The third kappa shape index (κ3) is 1.68. The number of carbonyl (C=O) groups is 1. The van der Waals surface area contributed by atoms with Crippen LogP contribution in [0.25, 0.3) is 6.08 Å². The van der Waals surface area contributed by atoms with Crippen molar-refractivity contribution in [1.29, 1.82) is 5.26 Å². The summed E-state index contributed by atoms with van der Waals surface area (Å²) in [4.78, 5) is 10.7. The summed E-state index contributed by atoms with van der Waals surface area (Å²) in [5.74, 6) is -0.244. The Labute approximate surface area is 91.1 Å². The van der Waals surface area contributed by atoms with Crippen molar-refractivity contribution in [1.82, 2.24) is 0 Å². The molecule has 0 bridgehead atoms. The van der Waals surface area contributed by atoms with Crippen LogP contribution in [0.3, 0.4) is 0 Å². The zero-order valence-corrected chi connectivity index (χ0v) is 8.14. The van der Waals surface area contributed by atoms with Crippen molar-refractivity contribution in [3.63, 3.8) is 0 Å². The zero-order chi connectivity index (χ0) is 11.5. The minimum Gasteiger partial charge on any atom is -0.477 e. The average molecular weight is 217 g/mol. The van der Waals surface area contributed by atoms with E-state index in [1.807, 2.05) is 0 Å². The lowest BCUT2D eigenvalue weighted by Gasteiger charge is -2.00. The molecule has 0 unspecified atom stereocenters. The number of carboxylic acids is 1. The normalized spacial score (nSPS) is 13.3. The number of nitriles is 1. The highest BCUT2D eigenvalue weighted by atomic mass is 16.7. The molecule has 16 heavy (non-hydrogen) atoms. The number of ether oxygens (including phenoxy) is 2. The standard InChI is InChI=1S/C11H7NO4/c12-5-8(11(13)14)4-7-2-1-3-9-10(7)16-6-15-9/h1-4H,6H2,(H,13,14)/b8-4+. The maximum atomic E-state index is 10.7. The van der Waals surface area contributed by atoms with E-state index in [1.54, 1.807) is 24.3 Å². The predicted octanol–water partition coefficient (Wildman–Crippen LogP) is 1.41. The first-order valence-corrected chi connectivity index (χ1v) is 4.46. The molecule has 1 aromatic carbocycles.